The minimum absolute atomic E-state index is 0.0634. The second-order valence-corrected chi connectivity index (χ2v) is 6.66. The van der Waals surface area contributed by atoms with Gasteiger partial charge in [0.2, 0.25) is 15.9 Å². The van der Waals surface area contributed by atoms with E-state index in [2.05, 4.69) is 0 Å². The zero-order valence-corrected chi connectivity index (χ0v) is 11.9. The molecule has 0 radical (unpaired) electrons. The monoisotopic (exact) mass is 303 g/mol. The van der Waals surface area contributed by atoms with Gasteiger partial charge in [0, 0.05) is 25.8 Å². The van der Waals surface area contributed by atoms with Crippen LogP contribution in [0.1, 0.15) is 0 Å². The van der Waals surface area contributed by atoms with Crippen LogP contribution in [0.25, 0.3) is 0 Å². The molecule has 0 saturated carbocycles. The number of piperazine rings is 1. The third-order valence-corrected chi connectivity index (χ3v) is 5.32. The molecule has 1 heterocycles. The summed E-state index contributed by atoms with van der Waals surface area (Å²) in [5, 5.41) is 0.0978. The lowest BCUT2D eigenvalue weighted by Gasteiger charge is -2.31. The van der Waals surface area contributed by atoms with E-state index in [0.717, 1.165) is 4.31 Å². The molecule has 1 aliphatic heterocycles. The van der Waals surface area contributed by atoms with E-state index in [1.807, 2.05) is 0 Å². The molecule has 1 aromatic carbocycles. The van der Waals surface area contributed by atoms with Gasteiger partial charge in [-0.05, 0) is 18.2 Å². The minimum Gasteiger partial charge on any atom is -0.399 e. The third-order valence-electron chi connectivity index (χ3n) is 3.00. The van der Waals surface area contributed by atoms with E-state index in [1.165, 1.54) is 23.1 Å². The van der Waals surface area contributed by atoms with Crippen LogP contribution in [-0.2, 0) is 14.8 Å². The van der Waals surface area contributed by atoms with Crippen LogP contribution >= 0.6 is 11.6 Å². The molecule has 1 amide bonds. The van der Waals surface area contributed by atoms with Crippen LogP contribution in [0.3, 0.4) is 0 Å². The molecule has 0 bridgehead atoms. The number of benzene rings is 1. The fourth-order valence-corrected chi connectivity index (χ4v) is 3.69. The van der Waals surface area contributed by atoms with Crippen LogP contribution in [0.15, 0.2) is 23.1 Å². The van der Waals surface area contributed by atoms with E-state index in [4.69, 9.17) is 17.3 Å². The van der Waals surface area contributed by atoms with E-state index in [1.54, 1.807) is 7.05 Å². The molecule has 0 aliphatic carbocycles. The Labute approximate surface area is 116 Å². The summed E-state index contributed by atoms with van der Waals surface area (Å²) < 4.78 is 26.0. The van der Waals surface area contributed by atoms with Crippen LogP contribution in [-0.4, -0.2) is 50.2 Å². The van der Waals surface area contributed by atoms with Gasteiger partial charge in [0.05, 0.1) is 11.6 Å². The van der Waals surface area contributed by atoms with Gasteiger partial charge < -0.3 is 10.6 Å². The smallest absolute Gasteiger partial charge is 0.245 e. The van der Waals surface area contributed by atoms with E-state index < -0.39 is 10.0 Å². The molecule has 0 atom stereocenters. The first-order valence-corrected chi connectivity index (χ1v) is 7.43. The summed E-state index contributed by atoms with van der Waals surface area (Å²) in [6.45, 7) is 0.428. The van der Waals surface area contributed by atoms with Gasteiger partial charge in [0.25, 0.3) is 0 Å². The van der Waals surface area contributed by atoms with Crippen molar-refractivity contribution >= 4 is 33.2 Å². The largest absolute Gasteiger partial charge is 0.399 e. The maximum Gasteiger partial charge on any atom is 0.245 e. The summed E-state index contributed by atoms with van der Waals surface area (Å²) in [5.41, 5.74) is 5.90. The van der Waals surface area contributed by atoms with Crippen molar-refractivity contribution in [2.24, 2.45) is 0 Å². The Morgan fingerprint density at radius 2 is 2.00 bits per heavy atom. The van der Waals surface area contributed by atoms with Gasteiger partial charge in [-0.3, -0.25) is 4.79 Å². The van der Waals surface area contributed by atoms with Gasteiger partial charge in [-0.15, -0.1) is 0 Å². The molecule has 0 aromatic heterocycles. The lowest BCUT2D eigenvalue weighted by Crippen LogP contribution is -2.50. The Bertz CT molecular complexity index is 618. The number of nitrogens with zero attached hydrogens (tertiary/aromatic N) is 2. The number of likely N-dealkylation sites (N-methyl/N-ethyl adjacent to an activating group) is 1. The molecule has 1 aromatic rings. The number of sulfonamides is 1. The van der Waals surface area contributed by atoms with Crippen molar-refractivity contribution in [1.82, 2.24) is 9.21 Å². The lowest BCUT2D eigenvalue weighted by atomic mass is 10.3. The Balaban J connectivity index is 2.37. The van der Waals surface area contributed by atoms with Gasteiger partial charge in [-0.1, -0.05) is 11.6 Å². The lowest BCUT2D eigenvalue weighted by molar-refractivity contribution is -0.132. The molecule has 8 heteroatoms. The number of amides is 1. The summed E-state index contributed by atoms with van der Waals surface area (Å²) >= 11 is 5.91. The molecule has 0 unspecified atom stereocenters. The standard InChI is InChI=1S/C11H14ClN3O3S/c1-14-4-5-15(7-11(14)16)19(17,18)10-6-8(13)2-3-9(10)12/h2-3,6H,4-5,7,13H2,1H3. The molecule has 1 fully saturated rings. The number of hydrogen-bond acceptors (Lipinski definition) is 4. The molecule has 0 spiro atoms. The normalized spacial score (nSPS) is 17.8. The SMILES string of the molecule is CN1CCN(S(=O)(=O)c2cc(N)ccc2Cl)CC1=O. The van der Waals surface area contributed by atoms with E-state index in [0.29, 0.717) is 12.2 Å². The quantitative estimate of drug-likeness (QED) is 0.801. The fraction of sp³-hybridized carbons (Fsp3) is 0.364. The molecule has 2 rings (SSSR count). The molecule has 104 valence electrons. The summed E-state index contributed by atoms with van der Waals surface area (Å²) in [7, 11) is -2.16. The molecular weight excluding hydrogens is 290 g/mol. The topological polar surface area (TPSA) is 83.7 Å². The highest BCUT2D eigenvalue weighted by molar-refractivity contribution is 7.89. The van der Waals surface area contributed by atoms with Crippen molar-refractivity contribution in [3.8, 4) is 0 Å². The van der Waals surface area contributed by atoms with Crippen LogP contribution in [0.2, 0.25) is 5.02 Å². The maximum atomic E-state index is 12.4. The summed E-state index contributed by atoms with van der Waals surface area (Å²) in [5.74, 6) is -0.241. The molecule has 6 nitrogen and oxygen atoms in total. The van der Waals surface area contributed by atoms with Gasteiger partial charge in [-0.2, -0.15) is 4.31 Å². The van der Waals surface area contributed by atoms with Crippen molar-refractivity contribution in [1.29, 1.82) is 0 Å². The van der Waals surface area contributed by atoms with Crippen molar-refractivity contribution in [2.45, 2.75) is 4.90 Å². The second kappa shape index (κ2) is 4.99. The van der Waals surface area contributed by atoms with E-state index in [-0.39, 0.29) is 28.9 Å². The highest BCUT2D eigenvalue weighted by Gasteiger charge is 2.32. The highest BCUT2D eigenvalue weighted by atomic mass is 35.5. The van der Waals surface area contributed by atoms with Crippen molar-refractivity contribution in [2.75, 3.05) is 32.4 Å². The van der Waals surface area contributed by atoms with Crippen LogP contribution in [0, 0.1) is 0 Å². The molecule has 1 saturated heterocycles. The number of carbonyl (C=O) groups is 1. The first kappa shape index (κ1) is 14.1. The Morgan fingerprint density at radius 3 is 2.63 bits per heavy atom. The first-order valence-electron chi connectivity index (χ1n) is 5.61. The molecule has 1 aliphatic rings. The number of nitrogens with two attached hydrogens (primary N) is 1. The highest BCUT2D eigenvalue weighted by Crippen LogP contribution is 2.27. The third kappa shape index (κ3) is 2.68. The average Bonchev–Trinajstić information content (AvgIpc) is 2.35. The van der Waals surface area contributed by atoms with Crippen molar-refractivity contribution in [3.63, 3.8) is 0 Å². The fourth-order valence-electron chi connectivity index (χ4n) is 1.80. The number of carbonyl (C=O) groups excluding carboxylic acids is 1. The van der Waals surface area contributed by atoms with Gasteiger partial charge in [-0.25, -0.2) is 8.42 Å². The van der Waals surface area contributed by atoms with Crippen molar-refractivity contribution in [3.05, 3.63) is 23.2 Å². The summed E-state index contributed by atoms with van der Waals surface area (Å²) in [4.78, 5) is 13.0. The van der Waals surface area contributed by atoms with Gasteiger partial charge >= 0.3 is 0 Å². The Kier molecular flexibility index (Phi) is 3.71. The molecule has 2 N–H and O–H groups in total. The Hall–Kier alpha value is -1.31. The van der Waals surface area contributed by atoms with E-state index in [9.17, 15) is 13.2 Å². The van der Waals surface area contributed by atoms with Gasteiger partial charge in [0.15, 0.2) is 0 Å². The minimum atomic E-state index is -3.80. The number of hydrogen-bond donors (Lipinski definition) is 1. The predicted octanol–water partition coefficient (Wildman–Crippen LogP) is 0.385. The van der Waals surface area contributed by atoms with Crippen LogP contribution in [0.4, 0.5) is 5.69 Å². The Morgan fingerprint density at radius 1 is 1.32 bits per heavy atom. The predicted molar refractivity (Wildman–Crippen MR) is 72.3 cm³/mol. The first-order chi connectivity index (χ1) is 8.82. The number of nitrogen functional groups attached to an aromatic ring is 1. The number of anilines is 1. The van der Waals surface area contributed by atoms with Gasteiger partial charge in [0.1, 0.15) is 4.90 Å². The number of halogens is 1. The molecule has 19 heavy (non-hydrogen) atoms. The van der Waals surface area contributed by atoms with Crippen LogP contribution < -0.4 is 5.73 Å². The summed E-state index contributed by atoms with van der Waals surface area (Å²) in [6, 6.07) is 4.26. The summed E-state index contributed by atoms with van der Waals surface area (Å²) in [6.07, 6.45) is 0. The molecular formula is C11H14ClN3O3S. The van der Waals surface area contributed by atoms with Crippen molar-refractivity contribution < 1.29 is 13.2 Å². The average molecular weight is 304 g/mol. The second-order valence-electron chi connectivity index (χ2n) is 4.34. The zero-order valence-electron chi connectivity index (χ0n) is 10.3. The van der Waals surface area contributed by atoms with Crippen LogP contribution in [0.5, 0.6) is 0 Å². The zero-order chi connectivity index (χ0) is 14.2. The van der Waals surface area contributed by atoms with E-state index >= 15 is 0 Å². The maximum absolute atomic E-state index is 12.4. The number of rotatable bonds is 2.